The number of rotatable bonds is 8. The van der Waals surface area contributed by atoms with Gasteiger partial charge in [0.1, 0.15) is 19.2 Å². The van der Waals surface area contributed by atoms with Crippen LogP contribution in [0.25, 0.3) is 11.1 Å². The predicted molar refractivity (Wildman–Crippen MR) is 107 cm³/mol. The lowest BCUT2D eigenvalue weighted by atomic mass is 10.0. The zero-order valence-corrected chi connectivity index (χ0v) is 16.1. The third kappa shape index (κ3) is 6.44. The molecule has 146 valence electrons. The minimum Gasteiger partial charge on any atom is -0.445 e. The highest BCUT2D eigenvalue weighted by Gasteiger charge is 2.22. The van der Waals surface area contributed by atoms with Crippen molar-refractivity contribution in [2.24, 2.45) is 5.92 Å². The molecule has 6 heteroatoms. The van der Waals surface area contributed by atoms with E-state index in [1.165, 1.54) is 0 Å². The first-order chi connectivity index (χ1) is 13.5. The number of carbonyl (C=O) groups excluding carboxylic acids is 2. The van der Waals surface area contributed by atoms with E-state index in [0.717, 1.165) is 16.7 Å². The molecule has 0 aliphatic rings. The van der Waals surface area contributed by atoms with Crippen molar-refractivity contribution in [2.45, 2.75) is 32.9 Å². The average Bonchev–Trinajstić information content (AvgIpc) is 2.70. The number of ether oxygens (including phenoxy) is 1. The Morgan fingerprint density at radius 1 is 1.07 bits per heavy atom. The van der Waals surface area contributed by atoms with Crippen molar-refractivity contribution in [1.82, 2.24) is 10.6 Å². The summed E-state index contributed by atoms with van der Waals surface area (Å²) < 4.78 is 5.36. The topological polar surface area (TPSA) is 91.2 Å². The van der Waals surface area contributed by atoms with Crippen molar-refractivity contribution in [1.29, 1.82) is 5.26 Å². The molecule has 0 aliphatic heterocycles. The minimum atomic E-state index is -0.745. The standard InChI is InChI=1S/C22H25N3O3/c1-16(2)14-20(21(26)24-13-12-23)25-22(27)28-15-18-10-6-7-11-19(18)17-8-4-3-5-9-17/h3-11,16,20H,13-15H2,1-2H3,(H,24,26)(H,25,27)/t20-/m0/s1. The van der Waals surface area contributed by atoms with Crippen LogP contribution in [0.1, 0.15) is 25.8 Å². The summed E-state index contributed by atoms with van der Waals surface area (Å²) in [4.78, 5) is 24.4. The van der Waals surface area contributed by atoms with Crippen molar-refractivity contribution >= 4 is 12.0 Å². The van der Waals surface area contributed by atoms with E-state index in [2.05, 4.69) is 10.6 Å². The third-order valence-electron chi connectivity index (χ3n) is 4.12. The third-order valence-corrected chi connectivity index (χ3v) is 4.12. The van der Waals surface area contributed by atoms with Gasteiger partial charge >= 0.3 is 6.09 Å². The summed E-state index contributed by atoms with van der Waals surface area (Å²) in [6, 6.07) is 18.7. The fourth-order valence-corrected chi connectivity index (χ4v) is 2.83. The molecule has 0 unspecified atom stereocenters. The molecular weight excluding hydrogens is 354 g/mol. The number of alkyl carbamates (subject to hydrolysis) is 1. The van der Waals surface area contributed by atoms with Crippen LogP contribution in [0.3, 0.4) is 0 Å². The second-order valence-electron chi connectivity index (χ2n) is 6.80. The van der Waals surface area contributed by atoms with Crippen molar-refractivity contribution in [3.8, 4) is 17.2 Å². The molecule has 0 saturated heterocycles. The molecule has 0 bridgehead atoms. The zero-order valence-electron chi connectivity index (χ0n) is 16.1. The first kappa shape index (κ1) is 21.0. The molecule has 2 N–H and O–H groups in total. The normalized spacial score (nSPS) is 11.4. The summed E-state index contributed by atoms with van der Waals surface area (Å²) >= 11 is 0. The van der Waals surface area contributed by atoms with Crippen LogP contribution >= 0.6 is 0 Å². The van der Waals surface area contributed by atoms with Gasteiger partial charge in [0.05, 0.1) is 6.07 Å². The lowest BCUT2D eigenvalue weighted by Gasteiger charge is -2.19. The first-order valence-corrected chi connectivity index (χ1v) is 9.22. The monoisotopic (exact) mass is 379 g/mol. The molecule has 0 heterocycles. The highest BCUT2D eigenvalue weighted by molar-refractivity contribution is 5.85. The zero-order chi connectivity index (χ0) is 20.4. The van der Waals surface area contributed by atoms with E-state index in [1.807, 2.05) is 74.5 Å². The molecule has 0 aliphatic carbocycles. The van der Waals surface area contributed by atoms with E-state index in [0.29, 0.717) is 6.42 Å². The largest absolute Gasteiger partial charge is 0.445 e. The molecule has 1 atom stereocenters. The lowest BCUT2D eigenvalue weighted by Crippen LogP contribution is -2.47. The maximum atomic E-state index is 12.3. The summed E-state index contributed by atoms with van der Waals surface area (Å²) in [5, 5.41) is 13.7. The van der Waals surface area contributed by atoms with Gasteiger partial charge < -0.3 is 15.4 Å². The molecule has 2 aromatic rings. The van der Waals surface area contributed by atoms with Crippen molar-refractivity contribution < 1.29 is 14.3 Å². The maximum Gasteiger partial charge on any atom is 0.408 e. The van der Waals surface area contributed by atoms with Crippen molar-refractivity contribution in [2.75, 3.05) is 6.54 Å². The molecule has 0 fully saturated rings. The molecule has 2 rings (SSSR count). The van der Waals surface area contributed by atoms with Gasteiger partial charge in [-0.3, -0.25) is 4.79 Å². The van der Waals surface area contributed by atoms with E-state index in [1.54, 1.807) is 0 Å². The SMILES string of the molecule is CC(C)C[C@H](NC(=O)OCc1ccccc1-c1ccccc1)C(=O)NCC#N. The van der Waals surface area contributed by atoms with E-state index in [-0.39, 0.29) is 19.1 Å². The van der Waals surface area contributed by atoms with E-state index in [4.69, 9.17) is 10.00 Å². The molecule has 0 aromatic heterocycles. The smallest absolute Gasteiger partial charge is 0.408 e. The number of nitrogens with one attached hydrogen (secondary N) is 2. The molecule has 0 radical (unpaired) electrons. The molecule has 2 aromatic carbocycles. The second-order valence-corrected chi connectivity index (χ2v) is 6.80. The quantitative estimate of drug-likeness (QED) is 0.685. The minimum absolute atomic E-state index is 0.0884. The van der Waals surface area contributed by atoms with Crippen LogP contribution in [-0.4, -0.2) is 24.6 Å². The van der Waals surface area contributed by atoms with E-state index < -0.39 is 18.0 Å². The summed E-state index contributed by atoms with van der Waals surface area (Å²) in [6.07, 6.45) is -0.215. The lowest BCUT2D eigenvalue weighted by molar-refractivity contribution is -0.123. The Morgan fingerprint density at radius 2 is 1.75 bits per heavy atom. The average molecular weight is 379 g/mol. The Balaban J connectivity index is 2.01. The van der Waals surface area contributed by atoms with Crippen LogP contribution < -0.4 is 10.6 Å². The van der Waals surface area contributed by atoms with Gasteiger partial charge in [-0.25, -0.2) is 4.79 Å². The molecule has 0 saturated carbocycles. The first-order valence-electron chi connectivity index (χ1n) is 9.22. The molecule has 0 spiro atoms. The van der Waals surface area contributed by atoms with Crippen LogP contribution in [-0.2, 0) is 16.1 Å². The van der Waals surface area contributed by atoms with Gasteiger partial charge in [0, 0.05) is 0 Å². The summed E-state index contributed by atoms with van der Waals surface area (Å²) in [5.41, 5.74) is 2.90. The second kappa shape index (κ2) is 10.7. The van der Waals surface area contributed by atoms with Gasteiger partial charge in [0.15, 0.2) is 0 Å². The molecule has 6 nitrogen and oxygen atoms in total. The Hall–Kier alpha value is -3.33. The van der Waals surface area contributed by atoms with Gasteiger partial charge in [-0.2, -0.15) is 5.26 Å². The van der Waals surface area contributed by atoms with E-state index in [9.17, 15) is 9.59 Å². The van der Waals surface area contributed by atoms with E-state index >= 15 is 0 Å². The number of nitrogens with zero attached hydrogens (tertiary/aromatic N) is 1. The van der Waals surface area contributed by atoms with Crippen LogP contribution in [0.4, 0.5) is 4.79 Å². The number of nitriles is 1. The number of hydrogen-bond acceptors (Lipinski definition) is 4. The number of benzene rings is 2. The van der Waals surface area contributed by atoms with Gasteiger partial charge in [-0.1, -0.05) is 68.4 Å². The Morgan fingerprint density at radius 3 is 2.43 bits per heavy atom. The highest BCUT2D eigenvalue weighted by atomic mass is 16.5. The fourth-order valence-electron chi connectivity index (χ4n) is 2.83. The van der Waals surface area contributed by atoms with Crippen molar-refractivity contribution in [3.63, 3.8) is 0 Å². The maximum absolute atomic E-state index is 12.3. The number of amides is 2. The molecule has 2 amide bonds. The van der Waals surface area contributed by atoms with Crippen LogP contribution in [0.15, 0.2) is 54.6 Å². The van der Waals surface area contributed by atoms with Crippen LogP contribution in [0.5, 0.6) is 0 Å². The summed E-state index contributed by atoms with van der Waals surface area (Å²) in [5.74, 6) is -0.200. The van der Waals surface area contributed by atoms with Gasteiger partial charge in [-0.05, 0) is 29.0 Å². The van der Waals surface area contributed by atoms with Gasteiger partial charge in [0.25, 0.3) is 0 Å². The summed E-state index contributed by atoms with van der Waals surface area (Å²) in [7, 11) is 0. The number of hydrogen-bond donors (Lipinski definition) is 2. The Labute approximate surface area is 165 Å². The summed E-state index contributed by atoms with van der Waals surface area (Å²) in [6.45, 7) is 3.89. The van der Waals surface area contributed by atoms with Crippen LogP contribution in [0, 0.1) is 17.2 Å². The highest BCUT2D eigenvalue weighted by Crippen LogP contribution is 2.24. The Kier molecular flexibility index (Phi) is 8.04. The van der Waals surface area contributed by atoms with Gasteiger partial charge in [0.2, 0.25) is 5.91 Å². The Bertz CT molecular complexity index is 828. The van der Waals surface area contributed by atoms with Gasteiger partial charge in [-0.15, -0.1) is 0 Å². The van der Waals surface area contributed by atoms with Crippen molar-refractivity contribution in [3.05, 3.63) is 60.2 Å². The molecular formula is C22H25N3O3. The molecule has 28 heavy (non-hydrogen) atoms. The van der Waals surface area contributed by atoms with Crippen LogP contribution in [0.2, 0.25) is 0 Å². The number of carbonyl (C=O) groups is 2. The fraction of sp³-hybridized carbons (Fsp3) is 0.318. The predicted octanol–water partition coefficient (Wildman–Crippen LogP) is 3.63.